The number of hydrogen-bond acceptors (Lipinski definition) is 3. The van der Waals surface area contributed by atoms with Gasteiger partial charge in [-0.25, -0.2) is 4.68 Å². The Morgan fingerprint density at radius 2 is 1.90 bits per heavy atom. The van der Waals surface area contributed by atoms with Crippen LogP contribution in [0.5, 0.6) is 0 Å². The molecule has 6 nitrogen and oxygen atoms in total. The van der Waals surface area contributed by atoms with Gasteiger partial charge < -0.3 is 10.6 Å². The monoisotopic (exact) mass is 388 g/mol. The molecule has 3 aromatic rings. The van der Waals surface area contributed by atoms with Gasteiger partial charge in [-0.3, -0.25) is 9.59 Å². The number of rotatable bonds is 5. The maximum Gasteiger partial charge on any atom is 0.251 e. The van der Waals surface area contributed by atoms with Crippen LogP contribution in [0.3, 0.4) is 0 Å². The molecule has 1 aliphatic heterocycles. The fourth-order valence-corrected chi connectivity index (χ4v) is 3.68. The van der Waals surface area contributed by atoms with Crippen LogP contribution in [0.4, 0.5) is 11.5 Å². The van der Waals surface area contributed by atoms with Gasteiger partial charge in [0.1, 0.15) is 11.9 Å². The molecule has 4 rings (SSSR count). The summed E-state index contributed by atoms with van der Waals surface area (Å²) < 4.78 is 1.67. The topological polar surface area (TPSA) is 76.0 Å². The molecule has 2 heterocycles. The summed E-state index contributed by atoms with van der Waals surface area (Å²) in [4.78, 5) is 25.2. The molecule has 2 amide bonds. The summed E-state index contributed by atoms with van der Waals surface area (Å²) in [7, 11) is 0. The molecule has 6 heteroatoms. The molecule has 0 radical (unpaired) electrons. The molecule has 1 unspecified atom stereocenters. The van der Waals surface area contributed by atoms with E-state index in [1.165, 1.54) is 5.56 Å². The second-order valence-corrected chi connectivity index (χ2v) is 7.39. The number of carbonyl (C=O) groups excluding carboxylic acids is 2. The summed E-state index contributed by atoms with van der Waals surface area (Å²) in [6.07, 6.45) is 0.770. The molecule has 1 atom stereocenters. The van der Waals surface area contributed by atoms with Gasteiger partial charge in [0, 0.05) is 11.3 Å². The number of aryl methyl sites for hydroxylation is 3. The van der Waals surface area contributed by atoms with Crippen LogP contribution in [0.15, 0.2) is 48.5 Å². The second kappa shape index (κ2) is 7.54. The Morgan fingerprint density at radius 1 is 1.14 bits per heavy atom. The molecule has 0 saturated heterocycles. The van der Waals surface area contributed by atoms with Gasteiger partial charge in [0.25, 0.3) is 5.91 Å². The van der Waals surface area contributed by atoms with Gasteiger partial charge >= 0.3 is 0 Å². The SMILES string of the molecule is CCc1nn2c(c1-c1ccccc1)NC(=O)C2CC(=O)Nc1ccc(C)c(C)c1. The lowest BCUT2D eigenvalue weighted by molar-refractivity contribution is -0.123. The average Bonchev–Trinajstić information content (AvgIpc) is 3.21. The summed E-state index contributed by atoms with van der Waals surface area (Å²) >= 11 is 0. The number of nitrogens with zero attached hydrogens (tertiary/aromatic N) is 2. The molecular formula is C23H24N4O2. The highest BCUT2D eigenvalue weighted by Crippen LogP contribution is 2.38. The molecule has 2 N–H and O–H groups in total. The van der Waals surface area contributed by atoms with Crippen LogP contribution < -0.4 is 10.6 Å². The number of hydrogen-bond donors (Lipinski definition) is 2. The first kappa shape index (κ1) is 18.9. The Hall–Kier alpha value is -3.41. The van der Waals surface area contributed by atoms with E-state index in [2.05, 4.69) is 15.7 Å². The van der Waals surface area contributed by atoms with Crippen molar-refractivity contribution in [3.8, 4) is 11.1 Å². The maximum absolute atomic E-state index is 12.6. The standard InChI is InChI=1S/C23H24N4O2/c1-4-18-21(16-8-6-5-7-9-16)22-25-23(29)19(27(22)26-18)13-20(28)24-17-11-10-14(2)15(3)12-17/h5-12,19H,4,13H2,1-3H3,(H,24,28)(H,25,29). The normalized spacial score (nSPS) is 15.1. The van der Waals surface area contributed by atoms with Crippen molar-refractivity contribution in [1.29, 1.82) is 0 Å². The summed E-state index contributed by atoms with van der Waals surface area (Å²) in [5, 5.41) is 10.5. The molecule has 2 aromatic carbocycles. The quantitative estimate of drug-likeness (QED) is 0.686. The van der Waals surface area contributed by atoms with Gasteiger partial charge in [-0.05, 0) is 49.1 Å². The Morgan fingerprint density at radius 3 is 2.59 bits per heavy atom. The third kappa shape index (κ3) is 3.53. The van der Waals surface area contributed by atoms with Crippen LogP contribution >= 0.6 is 0 Å². The first-order valence-electron chi connectivity index (χ1n) is 9.82. The molecule has 0 fully saturated rings. The minimum absolute atomic E-state index is 0.0326. The van der Waals surface area contributed by atoms with E-state index in [9.17, 15) is 9.59 Å². The first-order chi connectivity index (χ1) is 14.0. The number of nitrogens with one attached hydrogen (secondary N) is 2. The third-order valence-electron chi connectivity index (χ3n) is 5.39. The van der Waals surface area contributed by atoms with Crippen molar-refractivity contribution in [1.82, 2.24) is 9.78 Å². The van der Waals surface area contributed by atoms with Crippen molar-refractivity contribution in [2.45, 2.75) is 39.7 Å². The Kier molecular flexibility index (Phi) is 4.92. The molecule has 0 spiro atoms. The van der Waals surface area contributed by atoms with Crippen LogP contribution in [0.1, 0.15) is 36.2 Å². The lowest BCUT2D eigenvalue weighted by atomic mass is 10.0. The maximum atomic E-state index is 12.6. The third-order valence-corrected chi connectivity index (χ3v) is 5.39. The van der Waals surface area contributed by atoms with Crippen molar-refractivity contribution in [2.75, 3.05) is 10.6 Å². The predicted molar refractivity (Wildman–Crippen MR) is 114 cm³/mol. The van der Waals surface area contributed by atoms with Gasteiger partial charge in [-0.2, -0.15) is 5.10 Å². The Labute approximate surface area is 169 Å². The van der Waals surface area contributed by atoms with Crippen molar-refractivity contribution >= 4 is 23.3 Å². The van der Waals surface area contributed by atoms with Gasteiger partial charge in [0.15, 0.2) is 0 Å². The zero-order valence-electron chi connectivity index (χ0n) is 16.8. The van der Waals surface area contributed by atoms with Crippen molar-refractivity contribution in [3.05, 3.63) is 65.4 Å². The molecule has 0 saturated carbocycles. The number of benzene rings is 2. The Balaban J connectivity index is 1.59. The summed E-state index contributed by atoms with van der Waals surface area (Å²) in [6.45, 7) is 6.06. The van der Waals surface area contributed by atoms with Crippen molar-refractivity contribution in [2.24, 2.45) is 0 Å². The van der Waals surface area contributed by atoms with E-state index < -0.39 is 6.04 Å². The van der Waals surface area contributed by atoms with E-state index in [1.807, 2.05) is 69.3 Å². The summed E-state index contributed by atoms with van der Waals surface area (Å²) in [5.74, 6) is 0.251. The molecule has 148 valence electrons. The summed E-state index contributed by atoms with van der Waals surface area (Å²) in [6, 6.07) is 15.0. The van der Waals surface area contributed by atoms with Crippen LogP contribution in [0.2, 0.25) is 0 Å². The minimum Gasteiger partial charge on any atom is -0.326 e. The van der Waals surface area contributed by atoms with Gasteiger partial charge in [-0.15, -0.1) is 0 Å². The van der Waals surface area contributed by atoms with Crippen LogP contribution in [-0.2, 0) is 16.0 Å². The molecular weight excluding hydrogens is 364 g/mol. The molecule has 0 bridgehead atoms. The zero-order valence-corrected chi connectivity index (χ0v) is 16.8. The van der Waals surface area contributed by atoms with Gasteiger partial charge in [-0.1, -0.05) is 43.3 Å². The lowest BCUT2D eigenvalue weighted by Gasteiger charge is -2.11. The number of carbonyl (C=O) groups is 2. The van der Waals surface area contributed by atoms with Crippen LogP contribution in [-0.4, -0.2) is 21.6 Å². The molecule has 1 aliphatic rings. The predicted octanol–water partition coefficient (Wildman–Crippen LogP) is 4.25. The highest BCUT2D eigenvalue weighted by molar-refractivity contribution is 6.04. The highest BCUT2D eigenvalue weighted by Gasteiger charge is 2.36. The fraction of sp³-hybridized carbons (Fsp3) is 0.261. The van der Waals surface area contributed by atoms with Crippen molar-refractivity contribution < 1.29 is 9.59 Å². The van der Waals surface area contributed by atoms with E-state index >= 15 is 0 Å². The second-order valence-electron chi connectivity index (χ2n) is 7.39. The summed E-state index contributed by atoms with van der Waals surface area (Å²) in [5.41, 5.74) is 5.85. The number of aromatic nitrogens is 2. The molecule has 0 aliphatic carbocycles. The van der Waals surface area contributed by atoms with Gasteiger partial charge in [0.05, 0.1) is 12.1 Å². The number of fused-ring (bicyclic) bond motifs is 1. The minimum atomic E-state index is -0.653. The van der Waals surface area contributed by atoms with E-state index in [4.69, 9.17) is 0 Å². The Bertz CT molecular complexity index is 1090. The van der Waals surface area contributed by atoms with E-state index in [0.717, 1.165) is 34.5 Å². The van der Waals surface area contributed by atoms with Crippen LogP contribution in [0, 0.1) is 13.8 Å². The smallest absolute Gasteiger partial charge is 0.251 e. The first-order valence-corrected chi connectivity index (χ1v) is 9.82. The average molecular weight is 388 g/mol. The number of anilines is 2. The van der Waals surface area contributed by atoms with E-state index in [1.54, 1.807) is 4.68 Å². The van der Waals surface area contributed by atoms with Crippen LogP contribution in [0.25, 0.3) is 11.1 Å². The van der Waals surface area contributed by atoms with E-state index in [-0.39, 0.29) is 18.2 Å². The fourth-order valence-electron chi connectivity index (χ4n) is 3.68. The number of amides is 2. The largest absolute Gasteiger partial charge is 0.326 e. The van der Waals surface area contributed by atoms with Crippen molar-refractivity contribution in [3.63, 3.8) is 0 Å². The zero-order chi connectivity index (χ0) is 20.5. The lowest BCUT2D eigenvalue weighted by Crippen LogP contribution is -2.24. The van der Waals surface area contributed by atoms with E-state index in [0.29, 0.717) is 5.82 Å². The molecule has 1 aromatic heterocycles. The highest BCUT2D eigenvalue weighted by atomic mass is 16.2. The molecule has 29 heavy (non-hydrogen) atoms. The van der Waals surface area contributed by atoms with Gasteiger partial charge in [0.2, 0.25) is 5.91 Å².